The normalized spacial score (nSPS) is 13.1. The van der Waals surface area contributed by atoms with Crippen molar-refractivity contribution in [2.45, 2.75) is 19.3 Å². The molecule has 1 amide bonds. The molecule has 0 fully saturated rings. The summed E-state index contributed by atoms with van der Waals surface area (Å²) in [4.78, 5) is 25.1. The van der Waals surface area contributed by atoms with Crippen molar-refractivity contribution < 1.29 is 19.2 Å². The Bertz CT molecular complexity index is 850. The van der Waals surface area contributed by atoms with Crippen molar-refractivity contribution in [3.8, 4) is 11.5 Å². The van der Waals surface area contributed by atoms with E-state index in [-0.39, 0.29) is 18.0 Å². The summed E-state index contributed by atoms with van der Waals surface area (Å²) >= 11 is 0. The average molecular weight is 356 g/mol. The summed E-state index contributed by atoms with van der Waals surface area (Å²) in [7, 11) is 3.10. The fourth-order valence-corrected chi connectivity index (χ4v) is 3.20. The molecule has 0 N–H and O–H groups in total. The quantitative estimate of drug-likeness (QED) is 0.607. The molecule has 7 nitrogen and oxygen atoms in total. The number of anilines is 1. The van der Waals surface area contributed by atoms with Crippen LogP contribution in [-0.4, -0.2) is 31.6 Å². The number of nitro groups is 1. The summed E-state index contributed by atoms with van der Waals surface area (Å²) in [6.07, 6.45) is 1.83. The van der Waals surface area contributed by atoms with Gasteiger partial charge in [-0.2, -0.15) is 0 Å². The molecule has 2 aromatic carbocycles. The summed E-state index contributed by atoms with van der Waals surface area (Å²) in [5.74, 6) is 1.06. The summed E-state index contributed by atoms with van der Waals surface area (Å²) < 4.78 is 10.5. The van der Waals surface area contributed by atoms with Crippen LogP contribution in [-0.2, 0) is 17.6 Å². The summed E-state index contributed by atoms with van der Waals surface area (Å²) in [6, 6.07) is 10.1. The molecule has 0 atom stereocenters. The molecule has 7 heteroatoms. The third-order valence-electron chi connectivity index (χ3n) is 4.50. The molecule has 0 spiro atoms. The minimum Gasteiger partial charge on any atom is -0.493 e. The molecule has 0 saturated carbocycles. The van der Waals surface area contributed by atoms with Crippen molar-refractivity contribution in [3.63, 3.8) is 0 Å². The number of nitro benzene ring substituents is 1. The fourth-order valence-electron chi connectivity index (χ4n) is 3.20. The molecule has 0 aromatic heterocycles. The number of methoxy groups -OCH3 is 2. The Morgan fingerprint density at radius 1 is 1.15 bits per heavy atom. The lowest BCUT2D eigenvalue weighted by molar-refractivity contribution is -0.384. The largest absolute Gasteiger partial charge is 0.493 e. The van der Waals surface area contributed by atoms with Crippen LogP contribution >= 0.6 is 0 Å². The first-order chi connectivity index (χ1) is 12.5. The fraction of sp³-hybridized carbons (Fsp3) is 0.316. The van der Waals surface area contributed by atoms with Crippen LogP contribution < -0.4 is 14.4 Å². The van der Waals surface area contributed by atoms with Gasteiger partial charge in [0.05, 0.1) is 31.3 Å². The van der Waals surface area contributed by atoms with Gasteiger partial charge in [0.2, 0.25) is 5.91 Å². The van der Waals surface area contributed by atoms with Gasteiger partial charge in [-0.05, 0) is 36.1 Å². The van der Waals surface area contributed by atoms with Gasteiger partial charge in [0, 0.05) is 18.7 Å². The van der Waals surface area contributed by atoms with Gasteiger partial charge in [-0.1, -0.05) is 12.1 Å². The first kappa shape index (κ1) is 17.7. The molecule has 0 unspecified atom stereocenters. The Hall–Kier alpha value is -3.09. The van der Waals surface area contributed by atoms with Crippen LogP contribution in [0.3, 0.4) is 0 Å². The molecule has 0 bridgehead atoms. The number of fused-ring (bicyclic) bond motifs is 1. The van der Waals surface area contributed by atoms with E-state index in [0.717, 1.165) is 24.0 Å². The van der Waals surface area contributed by atoms with Crippen LogP contribution in [0.2, 0.25) is 0 Å². The number of hydrogen-bond acceptors (Lipinski definition) is 5. The Morgan fingerprint density at radius 3 is 2.62 bits per heavy atom. The zero-order valence-electron chi connectivity index (χ0n) is 14.7. The van der Waals surface area contributed by atoms with Gasteiger partial charge < -0.3 is 14.4 Å². The Morgan fingerprint density at radius 2 is 1.92 bits per heavy atom. The second-order valence-corrected chi connectivity index (χ2v) is 6.09. The predicted molar refractivity (Wildman–Crippen MR) is 97.0 cm³/mol. The minimum atomic E-state index is -0.439. The SMILES string of the molecule is COc1ccc(CC(=O)N2CCCc3ccc([N+](=O)[O-])cc32)cc1OC. The Kier molecular flexibility index (Phi) is 5.06. The molecular formula is C19H20N2O5. The molecule has 3 rings (SSSR count). The third-order valence-corrected chi connectivity index (χ3v) is 4.50. The maximum Gasteiger partial charge on any atom is 0.271 e. The number of carbonyl (C=O) groups is 1. The highest BCUT2D eigenvalue weighted by Gasteiger charge is 2.25. The Labute approximate surface area is 151 Å². The van der Waals surface area contributed by atoms with E-state index in [1.54, 1.807) is 37.3 Å². The summed E-state index contributed by atoms with van der Waals surface area (Å²) in [5, 5.41) is 11.1. The van der Waals surface area contributed by atoms with Crippen LogP contribution in [0.25, 0.3) is 0 Å². The maximum atomic E-state index is 12.8. The van der Waals surface area contributed by atoms with E-state index in [1.165, 1.54) is 12.1 Å². The van der Waals surface area contributed by atoms with Crippen molar-refractivity contribution in [3.05, 3.63) is 57.6 Å². The van der Waals surface area contributed by atoms with E-state index in [1.807, 2.05) is 6.07 Å². The van der Waals surface area contributed by atoms with Gasteiger partial charge in [-0.15, -0.1) is 0 Å². The van der Waals surface area contributed by atoms with Crippen molar-refractivity contribution in [2.75, 3.05) is 25.7 Å². The highest BCUT2D eigenvalue weighted by molar-refractivity contribution is 5.96. The first-order valence-corrected chi connectivity index (χ1v) is 8.32. The molecule has 26 heavy (non-hydrogen) atoms. The molecule has 0 saturated heterocycles. The number of aryl methyl sites for hydroxylation is 1. The van der Waals surface area contributed by atoms with Gasteiger partial charge in [-0.3, -0.25) is 14.9 Å². The lowest BCUT2D eigenvalue weighted by Gasteiger charge is -2.29. The molecule has 1 heterocycles. The predicted octanol–water partition coefficient (Wildman–Crippen LogP) is 3.13. The van der Waals surface area contributed by atoms with E-state index < -0.39 is 4.92 Å². The zero-order chi connectivity index (χ0) is 18.7. The van der Waals surface area contributed by atoms with Gasteiger partial charge in [0.1, 0.15) is 0 Å². The van der Waals surface area contributed by atoms with E-state index in [4.69, 9.17) is 9.47 Å². The van der Waals surface area contributed by atoms with Crippen molar-refractivity contribution in [1.82, 2.24) is 0 Å². The second kappa shape index (κ2) is 7.43. The van der Waals surface area contributed by atoms with Crippen molar-refractivity contribution >= 4 is 17.3 Å². The smallest absolute Gasteiger partial charge is 0.271 e. The van der Waals surface area contributed by atoms with E-state index in [9.17, 15) is 14.9 Å². The molecule has 1 aliphatic heterocycles. The van der Waals surface area contributed by atoms with E-state index >= 15 is 0 Å². The molecule has 0 radical (unpaired) electrons. The molecule has 1 aliphatic rings. The van der Waals surface area contributed by atoms with Crippen LogP contribution in [0.4, 0.5) is 11.4 Å². The topological polar surface area (TPSA) is 81.9 Å². The highest BCUT2D eigenvalue weighted by atomic mass is 16.6. The van der Waals surface area contributed by atoms with Crippen LogP contribution in [0.15, 0.2) is 36.4 Å². The zero-order valence-corrected chi connectivity index (χ0v) is 14.7. The Balaban J connectivity index is 1.86. The number of non-ortho nitro benzene ring substituents is 1. The van der Waals surface area contributed by atoms with Gasteiger partial charge in [-0.25, -0.2) is 0 Å². The van der Waals surface area contributed by atoms with Crippen LogP contribution in [0.1, 0.15) is 17.5 Å². The molecule has 2 aromatic rings. The number of carbonyl (C=O) groups excluding carboxylic acids is 1. The monoisotopic (exact) mass is 356 g/mol. The van der Waals surface area contributed by atoms with Gasteiger partial charge in [0.25, 0.3) is 5.69 Å². The number of hydrogen-bond donors (Lipinski definition) is 0. The second-order valence-electron chi connectivity index (χ2n) is 6.09. The third kappa shape index (κ3) is 3.46. The maximum absolute atomic E-state index is 12.8. The van der Waals surface area contributed by atoms with Crippen LogP contribution in [0.5, 0.6) is 11.5 Å². The average Bonchev–Trinajstić information content (AvgIpc) is 2.66. The number of amides is 1. The standard InChI is InChI=1S/C19H20N2O5/c1-25-17-8-5-13(10-18(17)26-2)11-19(22)20-9-3-4-14-6-7-15(21(23)24)12-16(14)20/h5-8,10,12H,3-4,9,11H2,1-2H3. The lowest BCUT2D eigenvalue weighted by atomic mass is 10.00. The van der Waals surface area contributed by atoms with E-state index in [0.29, 0.717) is 23.7 Å². The summed E-state index contributed by atoms with van der Waals surface area (Å²) in [6.45, 7) is 0.556. The molecule has 136 valence electrons. The number of ether oxygens (including phenoxy) is 2. The van der Waals surface area contributed by atoms with Crippen LogP contribution in [0, 0.1) is 10.1 Å². The highest BCUT2D eigenvalue weighted by Crippen LogP contribution is 2.32. The van der Waals surface area contributed by atoms with E-state index in [2.05, 4.69) is 0 Å². The van der Waals surface area contributed by atoms with Crippen molar-refractivity contribution in [2.24, 2.45) is 0 Å². The van der Waals surface area contributed by atoms with Crippen molar-refractivity contribution in [1.29, 1.82) is 0 Å². The van der Waals surface area contributed by atoms with Gasteiger partial charge in [0.15, 0.2) is 11.5 Å². The number of nitrogens with zero attached hydrogens (tertiary/aromatic N) is 2. The molecule has 0 aliphatic carbocycles. The minimum absolute atomic E-state index is 0.00503. The summed E-state index contributed by atoms with van der Waals surface area (Å²) in [5.41, 5.74) is 2.39. The van der Waals surface area contributed by atoms with Gasteiger partial charge >= 0.3 is 0 Å². The number of rotatable bonds is 5. The number of benzene rings is 2. The first-order valence-electron chi connectivity index (χ1n) is 8.32. The molecular weight excluding hydrogens is 336 g/mol. The lowest BCUT2D eigenvalue weighted by Crippen LogP contribution is -2.36.